The maximum absolute atomic E-state index is 12.8. The zero-order valence-electron chi connectivity index (χ0n) is 9.77. The normalized spacial score (nSPS) is 15.3. The van der Waals surface area contributed by atoms with Crippen LogP contribution in [0.2, 0.25) is 0 Å². The van der Waals surface area contributed by atoms with Crippen LogP contribution in [-0.2, 0) is 17.8 Å². The standard InChI is InChI=1S/C13H12FN3O/c14-10-3-1-9(2-4-10)13-15-12-6-5-11(18)7-8-17(12)16-13/h1-4H,5-8H2. The van der Waals surface area contributed by atoms with Gasteiger partial charge < -0.3 is 0 Å². The number of hydrogen-bond donors (Lipinski definition) is 0. The summed E-state index contributed by atoms with van der Waals surface area (Å²) in [6, 6.07) is 6.11. The van der Waals surface area contributed by atoms with E-state index in [-0.39, 0.29) is 11.6 Å². The second kappa shape index (κ2) is 4.33. The first-order valence-electron chi connectivity index (χ1n) is 5.94. The van der Waals surface area contributed by atoms with Gasteiger partial charge in [0.15, 0.2) is 5.82 Å². The summed E-state index contributed by atoms with van der Waals surface area (Å²) in [4.78, 5) is 15.8. The summed E-state index contributed by atoms with van der Waals surface area (Å²) in [6.07, 6.45) is 1.67. The number of fused-ring (bicyclic) bond motifs is 1. The van der Waals surface area contributed by atoms with Crippen molar-refractivity contribution in [2.45, 2.75) is 25.8 Å². The Hall–Kier alpha value is -2.04. The van der Waals surface area contributed by atoms with E-state index in [1.54, 1.807) is 16.8 Å². The van der Waals surface area contributed by atoms with Crippen LogP contribution in [0.4, 0.5) is 4.39 Å². The first-order chi connectivity index (χ1) is 8.72. The van der Waals surface area contributed by atoms with Gasteiger partial charge in [0.1, 0.15) is 17.4 Å². The van der Waals surface area contributed by atoms with E-state index >= 15 is 0 Å². The zero-order valence-corrected chi connectivity index (χ0v) is 9.77. The molecular formula is C13H12FN3O. The molecule has 0 aliphatic carbocycles. The van der Waals surface area contributed by atoms with E-state index in [4.69, 9.17) is 0 Å². The van der Waals surface area contributed by atoms with Crippen LogP contribution < -0.4 is 0 Å². The van der Waals surface area contributed by atoms with E-state index < -0.39 is 0 Å². The van der Waals surface area contributed by atoms with Crippen molar-refractivity contribution in [1.82, 2.24) is 14.8 Å². The van der Waals surface area contributed by atoms with Crippen molar-refractivity contribution in [3.05, 3.63) is 35.9 Å². The molecule has 4 nitrogen and oxygen atoms in total. The molecule has 0 spiro atoms. The summed E-state index contributed by atoms with van der Waals surface area (Å²) in [5.74, 6) is 1.41. The van der Waals surface area contributed by atoms with Gasteiger partial charge >= 0.3 is 0 Å². The number of halogens is 1. The topological polar surface area (TPSA) is 47.8 Å². The van der Waals surface area contributed by atoms with Crippen LogP contribution in [0.15, 0.2) is 24.3 Å². The molecule has 1 aliphatic heterocycles. The van der Waals surface area contributed by atoms with Gasteiger partial charge in [-0.25, -0.2) is 14.1 Å². The van der Waals surface area contributed by atoms with Crippen molar-refractivity contribution in [1.29, 1.82) is 0 Å². The Balaban J connectivity index is 1.94. The van der Waals surface area contributed by atoms with Crippen molar-refractivity contribution >= 4 is 5.78 Å². The fourth-order valence-corrected chi connectivity index (χ4v) is 2.07. The number of ketones is 1. The Labute approximate surface area is 103 Å². The maximum Gasteiger partial charge on any atom is 0.181 e. The van der Waals surface area contributed by atoms with Crippen LogP contribution in [-0.4, -0.2) is 20.5 Å². The van der Waals surface area contributed by atoms with E-state index in [1.807, 2.05) is 0 Å². The Morgan fingerprint density at radius 2 is 1.89 bits per heavy atom. The predicted octanol–water partition coefficient (Wildman–Crippen LogP) is 1.99. The van der Waals surface area contributed by atoms with Crippen LogP contribution in [0.25, 0.3) is 11.4 Å². The number of Topliss-reactive ketones (excluding diaryl/α,β-unsaturated/α-hetero) is 1. The first-order valence-corrected chi connectivity index (χ1v) is 5.94. The Morgan fingerprint density at radius 3 is 2.67 bits per heavy atom. The Morgan fingerprint density at radius 1 is 1.11 bits per heavy atom. The third-order valence-corrected chi connectivity index (χ3v) is 3.08. The molecule has 0 bridgehead atoms. The summed E-state index contributed by atoms with van der Waals surface area (Å²) < 4.78 is 14.6. The third kappa shape index (κ3) is 2.03. The molecule has 1 aromatic carbocycles. The van der Waals surface area contributed by atoms with Gasteiger partial charge in [0, 0.05) is 31.4 Å². The highest BCUT2D eigenvalue weighted by molar-refractivity contribution is 5.78. The van der Waals surface area contributed by atoms with E-state index in [2.05, 4.69) is 10.1 Å². The Bertz CT molecular complexity index is 561. The summed E-state index contributed by atoms with van der Waals surface area (Å²) in [6.45, 7) is 0.586. The second-order valence-electron chi connectivity index (χ2n) is 4.37. The highest BCUT2D eigenvalue weighted by Gasteiger charge is 2.17. The van der Waals surface area contributed by atoms with Gasteiger partial charge in [0.05, 0.1) is 0 Å². The largest absolute Gasteiger partial charge is 0.300 e. The van der Waals surface area contributed by atoms with E-state index in [9.17, 15) is 9.18 Å². The lowest BCUT2D eigenvalue weighted by molar-refractivity contribution is -0.119. The fraction of sp³-hybridized carbons (Fsp3) is 0.308. The lowest BCUT2D eigenvalue weighted by Crippen LogP contribution is -2.03. The highest BCUT2D eigenvalue weighted by atomic mass is 19.1. The number of benzene rings is 1. The van der Waals surface area contributed by atoms with Gasteiger partial charge in [-0.1, -0.05) is 0 Å². The molecule has 0 amide bonds. The third-order valence-electron chi connectivity index (χ3n) is 3.08. The molecule has 0 atom stereocenters. The van der Waals surface area contributed by atoms with Crippen LogP contribution in [0.5, 0.6) is 0 Å². The lowest BCUT2D eigenvalue weighted by Gasteiger charge is -1.97. The monoisotopic (exact) mass is 245 g/mol. The molecule has 0 saturated heterocycles. The van der Waals surface area contributed by atoms with Crippen LogP contribution in [0, 0.1) is 5.82 Å². The minimum absolute atomic E-state index is 0.255. The predicted molar refractivity (Wildman–Crippen MR) is 63.4 cm³/mol. The number of carbonyl (C=O) groups excluding carboxylic acids is 1. The van der Waals surface area contributed by atoms with Crippen molar-refractivity contribution in [3.8, 4) is 11.4 Å². The van der Waals surface area contributed by atoms with E-state index in [1.165, 1.54) is 12.1 Å². The minimum Gasteiger partial charge on any atom is -0.300 e. The minimum atomic E-state index is -0.273. The number of aryl methyl sites for hydroxylation is 2. The molecule has 0 N–H and O–H groups in total. The van der Waals surface area contributed by atoms with Gasteiger partial charge in [-0.05, 0) is 24.3 Å². The van der Waals surface area contributed by atoms with Crippen molar-refractivity contribution < 1.29 is 9.18 Å². The molecule has 2 aromatic rings. The number of nitrogens with zero attached hydrogens (tertiary/aromatic N) is 3. The lowest BCUT2D eigenvalue weighted by atomic mass is 10.2. The molecule has 18 heavy (non-hydrogen) atoms. The highest BCUT2D eigenvalue weighted by Crippen LogP contribution is 2.18. The van der Waals surface area contributed by atoms with Crippen LogP contribution in [0.1, 0.15) is 18.7 Å². The number of carbonyl (C=O) groups is 1. The first kappa shape index (κ1) is 11.1. The van der Waals surface area contributed by atoms with Gasteiger partial charge in [-0.2, -0.15) is 5.10 Å². The molecule has 2 heterocycles. The van der Waals surface area contributed by atoms with Crippen molar-refractivity contribution in [2.75, 3.05) is 0 Å². The zero-order chi connectivity index (χ0) is 12.5. The Kier molecular flexibility index (Phi) is 2.66. The van der Waals surface area contributed by atoms with Gasteiger partial charge in [0.2, 0.25) is 0 Å². The van der Waals surface area contributed by atoms with Crippen molar-refractivity contribution in [2.24, 2.45) is 0 Å². The van der Waals surface area contributed by atoms with Crippen LogP contribution >= 0.6 is 0 Å². The van der Waals surface area contributed by atoms with Gasteiger partial charge in [-0.3, -0.25) is 4.79 Å². The number of aromatic nitrogens is 3. The number of rotatable bonds is 1. The van der Waals surface area contributed by atoms with Crippen molar-refractivity contribution in [3.63, 3.8) is 0 Å². The smallest absolute Gasteiger partial charge is 0.181 e. The van der Waals surface area contributed by atoms with E-state index in [0.29, 0.717) is 31.6 Å². The van der Waals surface area contributed by atoms with E-state index in [0.717, 1.165) is 11.4 Å². The molecule has 0 radical (unpaired) electrons. The molecule has 5 heteroatoms. The summed E-state index contributed by atoms with van der Waals surface area (Å²) in [5.41, 5.74) is 0.795. The SMILES string of the molecule is O=C1CCc2nc(-c3ccc(F)cc3)nn2CC1. The summed E-state index contributed by atoms with van der Waals surface area (Å²) >= 11 is 0. The summed E-state index contributed by atoms with van der Waals surface area (Å²) in [5, 5.41) is 4.38. The molecule has 1 aromatic heterocycles. The molecule has 0 fully saturated rings. The molecule has 0 saturated carbocycles. The molecule has 1 aliphatic rings. The van der Waals surface area contributed by atoms with Gasteiger partial charge in [-0.15, -0.1) is 0 Å². The number of hydrogen-bond acceptors (Lipinski definition) is 3. The average Bonchev–Trinajstić information content (AvgIpc) is 2.70. The van der Waals surface area contributed by atoms with Crippen LogP contribution in [0.3, 0.4) is 0 Å². The average molecular weight is 245 g/mol. The maximum atomic E-state index is 12.8. The quantitative estimate of drug-likeness (QED) is 0.772. The molecule has 3 rings (SSSR count). The molecular weight excluding hydrogens is 233 g/mol. The second-order valence-corrected chi connectivity index (χ2v) is 4.37. The summed E-state index contributed by atoms with van der Waals surface area (Å²) in [7, 11) is 0. The van der Waals surface area contributed by atoms with Gasteiger partial charge in [0.25, 0.3) is 0 Å². The fourth-order valence-electron chi connectivity index (χ4n) is 2.07. The molecule has 92 valence electrons. The molecule has 0 unspecified atom stereocenters.